The van der Waals surface area contributed by atoms with Crippen molar-refractivity contribution in [2.24, 2.45) is 5.10 Å². The number of hydrogen-bond acceptors (Lipinski definition) is 6. The van der Waals surface area contributed by atoms with Crippen molar-refractivity contribution in [1.29, 1.82) is 0 Å². The van der Waals surface area contributed by atoms with E-state index < -0.39 is 16.1 Å². The second-order valence-electron chi connectivity index (χ2n) is 6.51. The smallest absolute Gasteiger partial charge is 0.240 e. The first-order valence-corrected chi connectivity index (χ1v) is 10.4. The van der Waals surface area contributed by atoms with Gasteiger partial charge < -0.3 is 9.84 Å². The fraction of sp³-hybridized carbons (Fsp3) is 0.263. The van der Waals surface area contributed by atoms with E-state index in [4.69, 9.17) is 4.74 Å². The number of methoxy groups -OCH3 is 1. The molecule has 0 radical (unpaired) electrons. The van der Waals surface area contributed by atoms with Gasteiger partial charge in [0.1, 0.15) is 11.5 Å². The number of carbonyl (C=O) groups is 1. The topological polar surface area (TPSA) is 108 Å². The number of phenols is 1. The van der Waals surface area contributed by atoms with Gasteiger partial charge in [-0.05, 0) is 29.8 Å². The number of carbonyl (C=O) groups excluding carboxylic acids is 1. The summed E-state index contributed by atoms with van der Waals surface area (Å²) in [6.07, 6.45) is 1.45. The molecule has 2 N–H and O–H groups in total. The SMILES string of the molecule is COc1ccc(C2=NN(C(C)=O)[C@H](c3cccc(NS(C)(=O)=O)c3)C2)c(O)c1. The average Bonchev–Trinajstić information content (AvgIpc) is 3.05. The molecule has 9 heteroatoms. The summed E-state index contributed by atoms with van der Waals surface area (Å²) in [5, 5.41) is 16.0. The highest BCUT2D eigenvalue weighted by Crippen LogP contribution is 2.36. The first-order chi connectivity index (χ1) is 13.2. The van der Waals surface area contributed by atoms with Crippen LogP contribution in [-0.2, 0) is 14.8 Å². The lowest BCUT2D eigenvalue weighted by atomic mass is 9.97. The number of aromatic hydroxyl groups is 1. The van der Waals surface area contributed by atoms with Crippen LogP contribution in [0.3, 0.4) is 0 Å². The van der Waals surface area contributed by atoms with E-state index in [0.717, 1.165) is 11.8 Å². The maximum Gasteiger partial charge on any atom is 0.240 e. The molecule has 0 aliphatic carbocycles. The third kappa shape index (κ3) is 4.25. The van der Waals surface area contributed by atoms with Crippen LogP contribution in [0.25, 0.3) is 0 Å². The van der Waals surface area contributed by atoms with Crippen molar-refractivity contribution in [1.82, 2.24) is 5.01 Å². The molecule has 0 saturated heterocycles. The molecule has 1 amide bonds. The molecule has 0 aromatic heterocycles. The minimum absolute atomic E-state index is 0.00902. The molecule has 1 aliphatic heterocycles. The molecule has 8 nitrogen and oxygen atoms in total. The molecule has 0 spiro atoms. The molecule has 0 fully saturated rings. The summed E-state index contributed by atoms with van der Waals surface area (Å²) in [5.74, 6) is 0.267. The highest BCUT2D eigenvalue weighted by atomic mass is 32.2. The summed E-state index contributed by atoms with van der Waals surface area (Å²) >= 11 is 0. The molecule has 0 bridgehead atoms. The van der Waals surface area contributed by atoms with Crippen LogP contribution in [-0.4, -0.2) is 43.5 Å². The number of hydrogen-bond donors (Lipinski definition) is 2. The quantitative estimate of drug-likeness (QED) is 0.797. The number of amides is 1. The number of rotatable bonds is 5. The Labute approximate surface area is 163 Å². The molecule has 148 valence electrons. The molecular weight excluding hydrogens is 382 g/mol. The molecule has 2 aromatic rings. The van der Waals surface area contributed by atoms with Crippen molar-refractivity contribution in [2.45, 2.75) is 19.4 Å². The van der Waals surface area contributed by atoms with E-state index in [1.807, 2.05) is 0 Å². The van der Waals surface area contributed by atoms with Gasteiger partial charge in [0.05, 0.1) is 25.1 Å². The van der Waals surface area contributed by atoms with Gasteiger partial charge in [0, 0.05) is 30.7 Å². The van der Waals surface area contributed by atoms with E-state index in [1.54, 1.807) is 36.4 Å². The Morgan fingerprint density at radius 1 is 1.29 bits per heavy atom. The summed E-state index contributed by atoms with van der Waals surface area (Å²) in [5.41, 5.74) is 2.21. The fourth-order valence-corrected chi connectivity index (χ4v) is 3.68. The number of hydrazone groups is 1. The molecule has 0 saturated carbocycles. The molecular formula is C19H21N3O5S. The Balaban J connectivity index is 1.94. The Bertz CT molecular complexity index is 1050. The number of nitrogens with zero attached hydrogens (tertiary/aromatic N) is 2. The van der Waals surface area contributed by atoms with Crippen LogP contribution in [0, 0.1) is 0 Å². The summed E-state index contributed by atoms with van der Waals surface area (Å²) in [4.78, 5) is 12.1. The van der Waals surface area contributed by atoms with Gasteiger partial charge in [0.15, 0.2) is 0 Å². The second-order valence-corrected chi connectivity index (χ2v) is 8.26. The predicted octanol–water partition coefficient (Wildman–Crippen LogP) is 2.47. The Morgan fingerprint density at radius 2 is 2.04 bits per heavy atom. The highest BCUT2D eigenvalue weighted by molar-refractivity contribution is 7.92. The number of sulfonamides is 1. The second kappa shape index (κ2) is 7.51. The van der Waals surface area contributed by atoms with Crippen LogP contribution in [0.1, 0.15) is 30.5 Å². The molecule has 1 atom stereocenters. The summed E-state index contributed by atoms with van der Waals surface area (Å²) < 4.78 is 30.5. The van der Waals surface area contributed by atoms with Crippen molar-refractivity contribution in [3.63, 3.8) is 0 Å². The van der Waals surface area contributed by atoms with E-state index in [2.05, 4.69) is 9.82 Å². The van der Waals surface area contributed by atoms with E-state index >= 15 is 0 Å². The van der Waals surface area contributed by atoms with Crippen molar-refractivity contribution < 1.29 is 23.1 Å². The molecule has 0 unspecified atom stereocenters. The Morgan fingerprint density at radius 3 is 2.64 bits per heavy atom. The van der Waals surface area contributed by atoms with E-state index in [0.29, 0.717) is 29.1 Å². The van der Waals surface area contributed by atoms with Crippen LogP contribution in [0.2, 0.25) is 0 Å². The van der Waals surface area contributed by atoms with Crippen molar-refractivity contribution in [3.8, 4) is 11.5 Å². The van der Waals surface area contributed by atoms with Crippen LogP contribution in [0.15, 0.2) is 47.6 Å². The van der Waals surface area contributed by atoms with Crippen molar-refractivity contribution in [2.75, 3.05) is 18.1 Å². The van der Waals surface area contributed by atoms with Gasteiger partial charge in [-0.15, -0.1) is 0 Å². The van der Waals surface area contributed by atoms with E-state index in [-0.39, 0.29) is 11.7 Å². The van der Waals surface area contributed by atoms with Gasteiger partial charge in [-0.25, -0.2) is 13.4 Å². The van der Waals surface area contributed by atoms with Crippen molar-refractivity contribution >= 4 is 27.3 Å². The van der Waals surface area contributed by atoms with Gasteiger partial charge in [0.2, 0.25) is 15.9 Å². The lowest BCUT2D eigenvalue weighted by molar-refractivity contribution is -0.130. The number of ether oxygens (including phenoxy) is 1. The number of benzene rings is 2. The molecule has 1 heterocycles. The Hall–Kier alpha value is -3.07. The van der Waals surface area contributed by atoms with Crippen LogP contribution < -0.4 is 9.46 Å². The fourth-order valence-electron chi connectivity index (χ4n) is 3.13. The first kappa shape index (κ1) is 19.7. The number of anilines is 1. The normalized spacial score (nSPS) is 16.6. The standard InChI is InChI=1S/C19H21N3O5S/c1-12(23)22-18(13-5-4-6-14(9-13)21-28(3,25)26)11-17(20-22)16-8-7-15(27-2)10-19(16)24/h4-10,18,21,24H,11H2,1-3H3/t18-/m0/s1. The third-order valence-corrected chi connectivity index (χ3v) is 4.93. The average molecular weight is 403 g/mol. The monoisotopic (exact) mass is 403 g/mol. The van der Waals surface area contributed by atoms with Crippen LogP contribution >= 0.6 is 0 Å². The maximum absolute atomic E-state index is 12.1. The van der Waals surface area contributed by atoms with Gasteiger partial charge >= 0.3 is 0 Å². The van der Waals surface area contributed by atoms with E-state index in [1.165, 1.54) is 25.1 Å². The number of nitrogens with one attached hydrogen (secondary N) is 1. The van der Waals surface area contributed by atoms with Gasteiger partial charge in [0.25, 0.3) is 0 Å². The van der Waals surface area contributed by atoms with E-state index in [9.17, 15) is 18.3 Å². The zero-order chi connectivity index (χ0) is 20.5. The lowest BCUT2D eigenvalue weighted by Gasteiger charge is -2.21. The van der Waals surface area contributed by atoms with Gasteiger partial charge in [-0.1, -0.05) is 12.1 Å². The minimum Gasteiger partial charge on any atom is -0.507 e. The van der Waals surface area contributed by atoms with Crippen LogP contribution in [0.4, 0.5) is 5.69 Å². The summed E-state index contributed by atoms with van der Waals surface area (Å²) in [6.45, 7) is 1.41. The largest absolute Gasteiger partial charge is 0.507 e. The zero-order valence-electron chi connectivity index (χ0n) is 15.7. The molecule has 3 rings (SSSR count). The van der Waals surface area contributed by atoms with Gasteiger partial charge in [-0.2, -0.15) is 5.10 Å². The summed E-state index contributed by atoms with van der Waals surface area (Å²) in [7, 11) is -1.91. The Kier molecular flexibility index (Phi) is 5.28. The number of phenolic OH excluding ortho intramolecular Hbond substituents is 1. The molecule has 28 heavy (non-hydrogen) atoms. The van der Waals surface area contributed by atoms with Crippen molar-refractivity contribution in [3.05, 3.63) is 53.6 Å². The summed E-state index contributed by atoms with van der Waals surface area (Å²) in [6, 6.07) is 11.3. The lowest BCUT2D eigenvalue weighted by Crippen LogP contribution is -2.24. The van der Waals surface area contributed by atoms with Crippen LogP contribution in [0.5, 0.6) is 11.5 Å². The van der Waals surface area contributed by atoms with Gasteiger partial charge in [-0.3, -0.25) is 9.52 Å². The minimum atomic E-state index is -3.42. The third-order valence-electron chi connectivity index (χ3n) is 4.32. The first-order valence-electron chi connectivity index (χ1n) is 8.50. The molecule has 2 aromatic carbocycles. The zero-order valence-corrected chi connectivity index (χ0v) is 16.5. The molecule has 1 aliphatic rings. The highest BCUT2D eigenvalue weighted by Gasteiger charge is 2.32. The predicted molar refractivity (Wildman–Crippen MR) is 106 cm³/mol. The maximum atomic E-state index is 12.1.